The number of rotatable bonds is 10. The fourth-order valence-corrected chi connectivity index (χ4v) is 1.82. The summed E-state index contributed by atoms with van der Waals surface area (Å²) in [6.07, 6.45) is 0.913. The van der Waals surface area contributed by atoms with Crippen LogP contribution >= 0.6 is 24.0 Å². The molecular weight excluding hydrogens is 435 g/mol. The Kier molecular flexibility index (Phi) is 13.6. The number of nitrogens with one attached hydrogen (secondary N) is 3. The van der Waals surface area contributed by atoms with E-state index < -0.39 is 0 Å². The minimum Gasteiger partial charge on any atom is -0.497 e. The van der Waals surface area contributed by atoms with Gasteiger partial charge in [0.15, 0.2) is 5.96 Å². The summed E-state index contributed by atoms with van der Waals surface area (Å²) < 4.78 is 10.7. The van der Waals surface area contributed by atoms with Gasteiger partial charge in [0, 0.05) is 13.1 Å². The van der Waals surface area contributed by atoms with E-state index in [0.717, 1.165) is 24.5 Å². The van der Waals surface area contributed by atoms with Gasteiger partial charge in [-0.1, -0.05) is 6.92 Å². The molecule has 8 heteroatoms. The molecule has 1 aromatic carbocycles. The number of carbonyl (C=O) groups is 1. The third kappa shape index (κ3) is 10.7. The third-order valence-corrected chi connectivity index (χ3v) is 3.02. The zero-order valence-electron chi connectivity index (χ0n) is 15.1. The van der Waals surface area contributed by atoms with Crippen molar-refractivity contribution >= 4 is 35.8 Å². The van der Waals surface area contributed by atoms with E-state index in [0.29, 0.717) is 25.7 Å². The van der Waals surface area contributed by atoms with E-state index in [1.807, 2.05) is 38.1 Å². The SMILES string of the molecule is CCCNC(=O)CN=C(NCC)NCCOc1ccc(OC)cc1.I. The molecule has 1 rings (SSSR count). The van der Waals surface area contributed by atoms with Crippen molar-refractivity contribution in [3.05, 3.63) is 24.3 Å². The van der Waals surface area contributed by atoms with Crippen LogP contribution < -0.4 is 25.4 Å². The smallest absolute Gasteiger partial charge is 0.241 e. The molecule has 0 unspecified atom stereocenters. The lowest BCUT2D eigenvalue weighted by molar-refractivity contribution is -0.119. The van der Waals surface area contributed by atoms with Crippen molar-refractivity contribution in [1.82, 2.24) is 16.0 Å². The second-order valence-corrected chi connectivity index (χ2v) is 5.00. The second kappa shape index (κ2) is 14.6. The summed E-state index contributed by atoms with van der Waals surface area (Å²) in [5, 5.41) is 9.02. The number of guanidine groups is 1. The lowest BCUT2D eigenvalue weighted by atomic mass is 10.3. The Bertz CT molecular complexity index is 509. The van der Waals surface area contributed by atoms with Crippen molar-refractivity contribution in [2.75, 3.05) is 39.9 Å². The van der Waals surface area contributed by atoms with Crippen molar-refractivity contribution in [2.24, 2.45) is 4.99 Å². The Hall–Kier alpha value is -1.71. The predicted octanol–water partition coefficient (Wildman–Crippen LogP) is 1.77. The first-order valence-electron chi connectivity index (χ1n) is 8.25. The molecule has 0 aliphatic rings. The molecular formula is C17H29IN4O3. The monoisotopic (exact) mass is 464 g/mol. The summed E-state index contributed by atoms with van der Waals surface area (Å²) in [7, 11) is 1.63. The van der Waals surface area contributed by atoms with Crippen LogP contribution in [0.3, 0.4) is 0 Å². The summed E-state index contributed by atoms with van der Waals surface area (Å²) in [6.45, 7) is 6.55. The van der Waals surface area contributed by atoms with Gasteiger partial charge in [-0.15, -0.1) is 24.0 Å². The molecule has 0 aliphatic heterocycles. The Labute approximate surface area is 167 Å². The molecule has 0 aliphatic carbocycles. The van der Waals surface area contributed by atoms with E-state index in [9.17, 15) is 4.79 Å². The van der Waals surface area contributed by atoms with E-state index >= 15 is 0 Å². The van der Waals surface area contributed by atoms with Gasteiger partial charge in [0.1, 0.15) is 24.7 Å². The highest BCUT2D eigenvalue weighted by Gasteiger charge is 2.01. The molecule has 0 fully saturated rings. The second-order valence-electron chi connectivity index (χ2n) is 5.00. The minimum absolute atomic E-state index is 0. The van der Waals surface area contributed by atoms with Crippen LogP contribution in [-0.2, 0) is 4.79 Å². The number of methoxy groups -OCH3 is 1. The van der Waals surface area contributed by atoms with E-state index in [4.69, 9.17) is 9.47 Å². The van der Waals surface area contributed by atoms with Crippen LogP contribution in [0.1, 0.15) is 20.3 Å². The van der Waals surface area contributed by atoms with Crippen LogP contribution in [0, 0.1) is 0 Å². The highest BCUT2D eigenvalue weighted by atomic mass is 127. The molecule has 0 aromatic heterocycles. The molecule has 0 saturated heterocycles. The molecule has 1 amide bonds. The van der Waals surface area contributed by atoms with Gasteiger partial charge in [-0.3, -0.25) is 4.79 Å². The molecule has 0 saturated carbocycles. The summed E-state index contributed by atoms with van der Waals surface area (Å²) in [5.74, 6) is 2.09. The molecule has 0 radical (unpaired) electrons. The molecule has 0 heterocycles. The number of ether oxygens (including phenoxy) is 2. The van der Waals surface area contributed by atoms with Crippen LogP contribution in [0.4, 0.5) is 0 Å². The minimum atomic E-state index is -0.0801. The maximum absolute atomic E-state index is 11.6. The van der Waals surface area contributed by atoms with Gasteiger partial charge in [-0.05, 0) is 37.6 Å². The average Bonchev–Trinajstić information content (AvgIpc) is 2.61. The van der Waals surface area contributed by atoms with Crippen molar-refractivity contribution < 1.29 is 14.3 Å². The number of carbonyl (C=O) groups excluding carboxylic acids is 1. The van der Waals surface area contributed by atoms with Crippen LogP contribution in [0.5, 0.6) is 11.5 Å². The number of nitrogens with zero attached hydrogens (tertiary/aromatic N) is 1. The van der Waals surface area contributed by atoms with Gasteiger partial charge in [0.2, 0.25) is 5.91 Å². The molecule has 142 valence electrons. The van der Waals surface area contributed by atoms with Gasteiger partial charge in [0.25, 0.3) is 0 Å². The lowest BCUT2D eigenvalue weighted by Gasteiger charge is -2.12. The Morgan fingerprint density at radius 1 is 1.04 bits per heavy atom. The van der Waals surface area contributed by atoms with Crippen molar-refractivity contribution in [1.29, 1.82) is 0 Å². The normalized spacial score (nSPS) is 10.4. The first-order valence-corrected chi connectivity index (χ1v) is 8.25. The largest absolute Gasteiger partial charge is 0.497 e. The summed E-state index contributed by atoms with van der Waals surface area (Å²) in [5.41, 5.74) is 0. The quantitative estimate of drug-likeness (QED) is 0.213. The standard InChI is InChI=1S/C17H28N4O3.HI/c1-4-10-19-16(22)13-21-17(18-5-2)20-11-12-24-15-8-6-14(23-3)7-9-15;/h6-9H,4-5,10-13H2,1-3H3,(H,19,22)(H2,18,20,21);1H. The topological polar surface area (TPSA) is 84.0 Å². The van der Waals surface area contributed by atoms with Crippen LogP contribution in [0.2, 0.25) is 0 Å². The van der Waals surface area contributed by atoms with Crippen LogP contribution in [0.15, 0.2) is 29.3 Å². The number of halogens is 1. The number of hydrogen-bond donors (Lipinski definition) is 3. The Balaban J connectivity index is 0.00000576. The van der Waals surface area contributed by atoms with Crippen LogP contribution in [0.25, 0.3) is 0 Å². The van der Waals surface area contributed by atoms with Crippen molar-refractivity contribution in [3.8, 4) is 11.5 Å². The zero-order valence-corrected chi connectivity index (χ0v) is 17.5. The highest BCUT2D eigenvalue weighted by Crippen LogP contribution is 2.16. The van der Waals surface area contributed by atoms with Crippen molar-refractivity contribution in [2.45, 2.75) is 20.3 Å². The van der Waals surface area contributed by atoms with E-state index in [1.165, 1.54) is 0 Å². The van der Waals surface area contributed by atoms with Gasteiger partial charge < -0.3 is 25.4 Å². The maximum atomic E-state index is 11.6. The molecule has 1 aromatic rings. The van der Waals surface area contributed by atoms with Gasteiger partial charge in [-0.2, -0.15) is 0 Å². The van der Waals surface area contributed by atoms with E-state index in [1.54, 1.807) is 7.11 Å². The van der Waals surface area contributed by atoms with Gasteiger partial charge in [0.05, 0.1) is 13.7 Å². The number of benzene rings is 1. The maximum Gasteiger partial charge on any atom is 0.241 e. The van der Waals surface area contributed by atoms with E-state index in [2.05, 4.69) is 20.9 Å². The number of aliphatic imine (C=N–C) groups is 1. The fraction of sp³-hybridized carbons (Fsp3) is 0.529. The predicted molar refractivity (Wildman–Crippen MR) is 111 cm³/mol. The molecule has 0 spiro atoms. The lowest BCUT2D eigenvalue weighted by Crippen LogP contribution is -2.40. The first kappa shape index (κ1) is 23.3. The number of amides is 1. The summed E-state index contributed by atoms with van der Waals surface area (Å²) in [4.78, 5) is 15.8. The van der Waals surface area contributed by atoms with Gasteiger partial charge in [-0.25, -0.2) is 4.99 Å². The molecule has 25 heavy (non-hydrogen) atoms. The van der Waals surface area contributed by atoms with Gasteiger partial charge >= 0.3 is 0 Å². The first-order chi connectivity index (χ1) is 11.7. The summed E-state index contributed by atoms with van der Waals surface area (Å²) in [6, 6.07) is 7.42. The third-order valence-electron chi connectivity index (χ3n) is 3.02. The van der Waals surface area contributed by atoms with Crippen LogP contribution in [-0.4, -0.2) is 51.8 Å². The molecule has 3 N–H and O–H groups in total. The summed E-state index contributed by atoms with van der Waals surface area (Å²) >= 11 is 0. The molecule has 0 bridgehead atoms. The van der Waals surface area contributed by atoms with E-state index in [-0.39, 0.29) is 36.4 Å². The Morgan fingerprint density at radius 2 is 1.72 bits per heavy atom. The van der Waals surface area contributed by atoms with Crippen molar-refractivity contribution in [3.63, 3.8) is 0 Å². The molecule has 7 nitrogen and oxygen atoms in total. The number of hydrogen-bond acceptors (Lipinski definition) is 4. The highest BCUT2D eigenvalue weighted by molar-refractivity contribution is 14.0. The Morgan fingerprint density at radius 3 is 2.32 bits per heavy atom. The molecule has 0 atom stereocenters. The average molecular weight is 464 g/mol. The fourth-order valence-electron chi connectivity index (χ4n) is 1.82. The zero-order chi connectivity index (χ0) is 17.6.